The van der Waals surface area contributed by atoms with Crippen LogP contribution in [0.1, 0.15) is 13.3 Å². The quantitative estimate of drug-likeness (QED) is 0.399. The number of ether oxygens (including phenoxy) is 4. The zero-order chi connectivity index (χ0) is 11.4. The zero-order valence-corrected chi connectivity index (χ0v) is 9.49. The Morgan fingerprint density at radius 2 is 1.47 bits per heavy atom. The van der Waals surface area contributed by atoms with Crippen molar-refractivity contribution in [3.05, 3.63) is 0 Å². The van der Waals surface area contributed by atoms with Gasteiger partial charge in [-0.3, -0.25) is 4.79 Å². The van der Waals surface area contributed by atoms with E-state index in [2.05, 4.69) is 0 Å². The maximum atomic E-state index is 10.7. The van der Waals surface area contributed by atoms with Crippen molar-refractivity contribution in [1.82, 2.24) is 0 Å². The standard InChI is InChI=1S/C10H20O5/c1-3-10(11)15-9-8-14-7-6-13-5-4-12-2/h3-9H2,1-2H3. The van der Waals surface area contributed by atoms with Crippen LogP contribution in [0, 0.1) is 0 Å². The lowest BCUT2D eigenvalue weighted by Gasteiger charge is -2.05. The van der Waals surface area contributed by atoms with Crippen LogP contribution >= 0.6 is 0 Å². The second kappa shape index (κ2) is 11.4. The first-order valence-electron chi connectivity index (χ1n) is 5.11. The molecule has 0 aliphatic rings. The van der Waals surface area contributed by atoms with Crippen LogP contribution in [0.5, 0.6) is 0 Å². The third-order valence-electron chi connectivity index (χ3n) is 1.58. The molecule has 0 saturated heterocycles. The van der Waals surface area contributed by atoms with E-state index in [0.717, 1.165) is 0 Å². The second-order valence-electron chi connectivity index (χ2n) is 2.79. The smallest absolute Gasteiger partial charge is 0.305 e. The molecule has 0 heterocycles. The van der Waals surface area contributed by atoms with Crippen molar-refractivity contribution in [3.63, 3.8) is 0 Å². The Morgan fingerprint density at radius 1 is 0.933 bits per heavy atom. The lowest BCUT2D eigenvalue weighted by atomic mass is 10.5. The van der Waals surface area contributed by atoms with Gasteiger partial charge in [0.25, 0.3) is 0 Å². The predicted molar refractivity (Wildman–Crippen MR) is 54.8 cm³/mol. The Labute approximate surface area is 90.6 Å². The van der Waals surface area contributed by atoms with Crippen molar-refractivity contribution in [2.75, 3.05) is 46.8 Å². The minimum absolute atomic E-state index is 0.199. The predicted octanol–water partition coefficient (Wildman–Crippen LogP) is 0.619. The van der Waals surface area contributed by atoms with Gasteiger partial charge in [-0.05, 0) is 0 Å². The first kappa shape index (κ1) is 14.3. The van der Waals surface area contributed by atoms with Gasteiger partial charge >= 0.3 is 5.97 Å². The monoisotopic (exact) mass is 220 g/mol. The molecule has 0 unspecified atom stereocenters. The summed E-state index contributed by atoms with van der Waals surface area (Å²) >= 11 is 0. The topological polar surface area (TPSA) is 54.0 Å². The molecule has 5 heteroatoms. The van der Waals surface area contributed by atoms with Crippen LogP contribution in [0.4, 0.5) is 0 Å². The highest BCUT2D eigenvalue weighted by molar-refractivity contribution is 5.68. The average molecular weight is 220 g/mol. The molecule has 0 aromatic carbocycles. The fourth-order valence-electron chi connectivity index (χ4n) is 0.781. The van der Waals surface area contributed by atoms with Crippen molar-refractivity contribution in [2.45, 2.75) is 13.3 Å². The van der Waals surface area contributed by atoms with Crippen LogP contribution in [-0.2, 0) is 23.7 Å². The molecular formula is C10H20O5. The summed E-state index contributed by atoms with van der Waals surface area (Å²) in [5, 5.41) is 0. The summed E-state index contributed by atoms with van der Waals surface area (Å²) in [6.07, 6.45) is 0.403. The molecule has 0 aromatic heterocycles. The molecule has 0 amide bonds. The van der Waals surface area contributed by atoms with Gasteiger partial charge in [0, 0.05) is 13.5 Å². The van der Waals surface area contributed by atoms with E-state index < -0.39 is 0 Å². The van der Waals surface area contributed by atoms with Gasteiger partial charge in [-0.2, -0.15) is 0 Å². The number of carbonyl (C=O) groups excluding carboxylic acids is 1. The molecule has 0 fully saturated rings. The van der Waals surface area contributed by atoms with Gasteiger partial charge in [0.2, 0.25) is 0 Å². The molecule has 5 nitrogen and oxygen atoms in total. The Balaban J connectivity index is 2.95. The van der Waals surface area contributed by atoms with E-state index in [-0.39, 0.29) is 5.97 Å². The van der Waals surface area contributed by atoms with E-state index >= 15 is 0 Å². The molecule has 0 radical (unpaired) electrons. The lowest BCUT2D eigenvalue weighted by Crippen LogP contribution is -2.13. The molecule has 0 aliphatic heterocycles. The summed E-state index contributed by atoms with van der Waals surface area (Å²) in [7, 11) is 1.63. The Kier molecular flexibility index (Phi) is 10.9. The maximum Gasteiger partial charge on any atom is 0.305 e. The summed E-state index contributed by atoms with van der Waals surface area (Å²) in [4.78, 5) is 10.7. The summed E-state index contributed by atoms with van der Waals surface area (Å²) in [5.41, 5.74) is 0. The van der Waals surface area contributed by atoms with E-state index in [4.69, 9.17) is 18.9 Å². The first-order valence-corrected chi connectivity index (χ1v) is 5.11. The molecule has 0 saturated carbocycles. The van der Waals surface area contributed by atoms with Gasteiger partial charge in [-0.25, -0.2) is 0 Å². The highest BCUT2D eigenvalue weighted by Gasteiger charge is 1.96. The number of hydrogen-bond donors (Lipinski definition) is 0. The molecular weight excluding hydrogens is 200 g/mol. The Morgan fingerprint density at radius 3 is 2.00 bits per heavy atom. The summed E-state index contributed by atoms with van der Waals surface area (Å²) in [6.45, 7) is 4.69. The zero-order valence-electron chi connectivity index (χ0n) is 9.49. The number of hydrogen-bond acceptors (Lipinski definition) is 5. The van der Waals surface area contributed by atoms with E-state index in [1.165, 1.54) is 0 Å². The molecule has 0 rings (SSSR count). The Hall–Kier alpha value is -0.650. The fourth-order valence-corrected chi connectivity index (χ4v) is 0.781. The maximum absolute atomic E-state index is 10.7. The van der Waals surface area contributed by atoms with Gasteiger partial charge in [0.15, 0.2) is 0 Å². The van der Waals surface area contributed by atoms with Gasteiger partial charge in [-0.15, -0.1) is 0 Å². The molecule has 0 aromatic rings. The van der Waals surface area contributed by atoms with Crippen molar-refractivity contribution < 1.29 is 23.7 Å². The van der Waals surface area contributed by atoms with Crippen LogP contribution in [0.3, 0.4) is 0 Å². The van der Waals surface area contributed by atoms with E-state index in [1.807, 2.05) is 0 Å². The van der Waals surface area contributed by atoms with Crippen molar-refractivity contribution in [1.29, 1.82) is 0 Å². The number of esters is 1. The van der Waals surface area contributed by atoms with Crippen LogP contribution in [0.2, 0.25) is 0 Å². The molecule has 0 N–H and O–H groups in total. The third-order valence-corrected chi connectivity index (χ3v) is 1.58. The fraction of sp³-hybridized carbons (Fsp3) is 0.900. The summed E-state index contributed by atoms with van der Waals surface area (Å²) in [6, 6.07) is 0. The molecule has 0 spiro atoms. The number of rotatable bonds is 10. The van der Waals surface area contributed by atoms with Gasteiger partial charge < -0.3 is 18.9 Å². The summed E-state index contributed by atoms with van der Waals surface area (Å²) < 4.78 is 19.9. The molecule has 15 heavy (non-hydrogen) atoms. The van der Waals surface area contributed by atoms with Gasteiger partial charge in [0.05, 0.1) is 33.0 Å². The largest absolute Gasteiger partial charge is 0.463 e. The molecule has 0 aliphatic carbocycles. The van der Waals surface area contributed by atoms with Crippen LogP contribution in [-0.4, -0.2) is 52.7 Å². The van der Waals surface area contributed by atoms with Crippen LogP contribution in [0.25, 0.3) is 0 Å². The molecule has 90 valence electrons. The first-order chi connectivity index (χ1) is 7.31. The second-order valence-corrected chi connectivity index (χ2v) is 2.79. The molecule has 0 atom stereocenters. The van der Waals surface area contributed by atoms with E-state index in [1.54, 1.807) is 14.0 Å². The van der Waals surface area contributed by atoms with Crippen molar-refractivity contribution in [3.8, 4) is 0 Å². The minimum Gasteiger partial charge on any atom is -0.463 e. The van der Waals surface area contributed by atoms with Crippen LogP contribution in [0.15, 0.2) is 0 Å². The van der Waals surface area contributed by atoms with E-state index in [9.17, 15) is 4.79 Å². The SMILES string of the molecule is CCC(=O)OCCOCCOCCOC. The Bertz CT molecular complexity index is 149. The number of carbonyl (C=O) groups is 1. The lowest BCUT2D eigenvalue weighted by molar-refractivity contribution is -0.144. The van der Waals surface area contributed by atoms with Gasteiger partial charge in [-0.1, -0.05) is 6.92 Å². The van der Waals surface area contributed by atoms with Crippen molar-refractivity contribution >= 4 is 5.97 Å². The normalized spacial score (nSPS) is 10.3. The minimum atomic E-state index is -0.199. The van der Waals surface area contributed by atoms with Crippen LogP contribution < -0.4 is 0 Å². The number of methoxy groups -OCH3 is 1. The highest BCUT2D eigenvalue weighted by atomic mass is 16.6. The highest BCUT2D eigenvalue weighted by Crippen LogP contribution is 1.85. The van der Waals surface area contributed by atoms with Crippen molar-refractivity contribution in [2.24, 2.45) is 0 Å². The molecule has 0 bridgehead atoms. The average Bonchev–Trinajstić information content (AvgIpc) is 2.26. The third kappa shape index (κ3) is 11.3. The summed E-state index contributed by atoms with van der Waals surface area (Å²) in [5.74, 6) is -0.199. The van der Waals surface area contributed by atoms with E-state index in [0.29, 0.717) is 46.1 Å². The van der Waals surface area contributed by atoms with Gasteiger partial charge in [0.1, 0.15) is 6.61 Å².